The maximum absolute atomic E-state index is 11.9. The molecule has 0 heterocycles. The van der Waals surface area contributed by atoms with Crippen molar-refractivity contribution in [1.82, 2.24) is 0 Å². The number of unbranched alkanes of at least 4 members (excludes halogenated alkanes) is 2. The van der Waals surface area contributed by atoms with Crippen molar-refractivity contribution < 1.29 is 28.0 Å². The van der Waals surface area contributed by atoms with Crippen LogP contribution in [-0.2, 0) is 13.6 Å². The smallest absolute Gasteiger partial charge is 0.423 e. The van der Waals surface area contributed by atoms with E-state index in [9.17, 15) is 14.3 Å². The van der Waals surface area contributed by atoms with Crippen LogP contribution in [0.15, 0.2) is 54.6 Å². The van der Waals surface area contributed by atoms with Crippen LogP contribution in [0.5, 0.6) is 5.75 Å². The molecule has 7 heteroatoms. The van der Waals surface area contributed by atoms with Crippen molar-refractivity contribution in [1.29, 1.82) is 0 Å². The van der Waals surface area contributed by atoms with E-state index in [0.29, 0.717) is 36.4 Å². The Bertz CT molecular complexity index is 893. The number of carbonyl (C=O) groups excluding carboxylic acids is 1. The van der Waals surface area contributed by atoms with E-state index < -0.39 is 7.82 Å². The molecule has 0 fully saturated rings. The van der Waals surface area contributed by atoms with Crippen LogP contribution in [0.3, 0.4) is 0 Å². The molecule has 1 N–H and O–H groups in total. The number of phosphoric ester groups is 1. The first-order valence-corrected chi connectivity index (χ1v) is 15.2. The lowest BCUT2D eigenvalue weighted by Crippen LogP contribution is -2.12. The molecule has 0 saturated heterocycles. The lowest BCUT2D eigenvalue weighted by atomic mass is 10.0. The third-order valence-electron chi connectivity index (χ3n) is 6.34. The van der Waals surface area contributed by atoms with E-state index in [0.717, 1.165) is 56.9 Å². The normalized spacial score (nSPS) is 14.1. The molecule has 0 aliphatic carbocycles. The summed E-state index contributed by atoms with van der Waals surface area (Å²) < 4.78 is 27.5. The minimum atomic E-state index is -3.89. The van der Waals surface area contributed by atoms with Crippen molar-refractivity contribution in [2.75, 3.05) is 13.2 Å². The van der Waals surface area contributed by atoms with E-state index in [2.05, 4.69) is 27.7 Å². The second-order valence-electron chi connectivity index (χ2n) is 9.41. The number of hydrogen-bond donors (Lipinski definition) is 1. The first-order chi connectivity index (χ1) is 17.8. The van der Waals surface area contributed by atoms with E-state index in [1.54, 1.807) is 18.2 Å². The Kier molecular flexibility index (Phi) is 17.1. The van der Waals surface area contributed by atoms with Gasteiger partial charge in [0.2, 0.25) is 0 Å². The van der Waals surface area contributed by atoms with Crippen molar-refractivity contribution in [3.05, 3.63) is 65.7 Å². The molecule has 0 amide bonds. The zero-order valence-corrected chi connectivity index (χ0v) is 24.3. The molecular weight excluding hydrogens is 487 g/mol. The van der Waals surface area contributed by atoms with E-state index >= 15 is 0 Å². The Balaban J connectivity index is 0.000000381. The highest BCUT2D eigenvalue weighted by atomic mass is 31.2. The molecule has 6 nitrogen and oxygen atoms in total. The molecule has 37 heavy (non-hydrogen) atoms. The molecule has 2 unspecified atom stereocenters. The average Bonchev–Trinajstić information content (AvgIpc) is 2.91. The fourth-order valence-electron chi connectivity index (χ4n) is 3.64. The maximum atomic E-state index is 11.9. The fraction of sp³-hybridized carbons (Fsp3) is 0.567. The summed E-state index contributed by atoms with van der Waals surface area (Å²) in [5, 5.41) is 0. The minimum absolute atomic E-state index is 0.316. The fourth-order valence-corrected chi connectivity index (χ4v) is 4.51. The van der Waals surface area contributed by atoms with Gasteiger partial charge in [-0.1, -0.05) is 103 Å². The van der Waals surface area contributed by atoms with Gasteiger partial charge < -0.3 is 9.63 Å². The number of phosphoric acid groups is 1. The third-order valence-corrected chi connectivity index (χ3v) is 7.29. The highest BCUT2D eigenvalue weighted by Crippen LogP contribution is 2.44. The van der Waals surface area contributed by atoms with Gasteiger partial charge in [-0.15, -0.1) is 0 Å². The molecule has 0 aromatic heterocycles. The van der Waals surface area contributed by atoms with E-state index in [-0.39, 0.29) is 5.97 Å². The number of ether oxygens (including phenoxy) is 1. The third kappa shape index (κ3) is 14.5. The molecule has 0 bridgehead atoms. The predicted molar refractivity (Wildman–Crippen MR) is 151 cm³/mol. The molecule has 2 rings (SSSR count). The Hall–Kier alpha value is -1.98. The van der Waals surface area contributed by atoms with Crippen molar-refractivity contribution in [3.8, 4) is 5.75 Å². The number of carbonyl (C=O) groups is 1. The summed E-state index contributed by atoms with van der Waals surface area (Å²) in [5.41, 5.74) is 1.51. The molecule has 0 radical (unpaired) electrons. The van der Waals surface area contributed by atoms with Crippen molar-refractivity contribution in [2.24, 2.45) is 11.8 Å². The average molecular weight is 535 g/mol. The van der Waals surface area contributed by atoms with Crippen molar-refractivity contribution in [3.63, 3.8) is 0 Å². The number of rotatable bonds is 16. The summed E-state index contributed by atoms with van der Waals surface area (Å²) in [6.07, 6.45) is 8.56. The summed E-state index contributed by atoms with van der Waals surface area (Å²) in [7, 11) is -3.89. The molecule has 0 spiro atoms. The van der Waals surface area contributed by atoms with Crippen molar-refractivity contribution >= 4 is 13.8 Å². The molecule has 208 valence electrons. The van der Waals surface area contributed by atoms with Gasteiger partial charge >= 0.3 is 13.8 Å². The van der Waals surface area contributed by atoms with Gasteiger partial charge in [0.1, 0.15) is 5.75 Å². The summed E-state index contributed by atoms with van der Waals surface area (Å²) in [4.78, 5) is 21.5. The summed E-state index contributed by atoms with van der Waals surface area (Å²) in [5.74, 6) is 0.971. The van der Waals surface area contributed by atoms with Crippen LogP contribution in [-0.4, -0.2) is 24.1 Å². The minimum Gasteiger partial charge on any atom is -0.423 e. The van der Waals surface area contributed by atoms with Crippen LogP contribution >= 0.6 is 7.82 Å². The summed E-state index contributed by atoms with van der Waals surface area (Å²) in [6, 6.07) is 16.4. The van der Waals surface area contributed by atoms with Gasteiger partial charge in [0.15, 0.2) is 0 Å². The number of hydrogen-bond acceptors (Lipinski definition) is 5. The van der Waals surface area contributed by atoms with Gasteiger partial charge in [-0.3, -0.25) is 9.05 Å². The van der Waals surface area contributed by atoms with Crippen LogP contribution in [0.25, 0.3) is 0 Å². The van der Waals surface area contributed by atoms with Crippen LogP contribution in [0, 0.1) is 18.8 Å². The lowest BCUT2D eigenvalue weighted by Gasteiger charge is -2.20. The second kappa shape index (κ2) is 19.1. The quantitative estimate of drug-likeness (QED) is 0.132. The summed E-state index contributed by atoms with van der Waals surface area (Å²) in [6.45, 7) is 11.0. The van der Waals surface area contributed by atoms with Gasteiger partial charge in [-0.25, -0.2) is 9.36 Å². The summed E-state index contributed by atoms with van der Waals surface area (Å²) >= 11 is 0. The molecule has 2 atom stereocenters. The number of para-hydroxylation sites is 1. The van der Waals surface area contributed by atoms with Gasteiger partial charge in [0, 0.05) is 0 Å². The Morgan fingerprint density at radius 1 is 0.811 bits per heavy atom. The molecule has 0 aliphatic heterocycles. The molecule has 0 saturated carbocycles. The zero-order valence-electron chi connectivity index (χ0n) is 23.4. The van der Waals surface area contributed by atoms with Crippen LogP contribution in [0.2, 0.25) is 0 Å². The second-order valence-corrected chi connectivity index (χ2v) is 10.9. The molecule has 2 aromatic rings. The van der Waals surface area contributed by atoms with Crippen LogP contribution in [0.4, 0.5) is 0 Å². The maximum Gasteiger partial charge on any atom is 0.472 e. The number of esters is 1. The standard InChI is InChI=1S/C16H35O4P.C14H12O2/c1-5-9-11-15(7-3)13-19-21(17,18)20-14-16(8-4)12-10-6-2;1-11-7-5-6-10-13(11)16-14(15)12-8-3-2-4-9-12/h15-16H,5-14H2,1-4H3,(H,17,18);2-10H,1H3. The SMILES string of the molecule is CCCCC(CC)COP(=O)(O)OCC(CC)CCCC.Cc1ccccc1OC(=O)c1ccccc1. The highest BCUT2D eigenvalue weighted by molar-refractivity contribution is 7.47. The lowest BCUT2D eigenvalue weighted by molar-refractivity contribution is 0.0733. The van der Waals surface area contributed by atoms with Gasteiger partial charge in [-0.05, 0) is 55.4 Å². The van der Waals surface area contributed by atoms with Gasteiger partial charge in [0.05, 0.1) is 18.8 Å². The van der Waals surface area contributed by atoms with Crippen LogP contribution in [0.1, 0.15) is 95.0 Å². The van der Waals surface area contributed by atoms with E-state index in [1.165, 1.54) is 0 Å². The monoisotopic (exact) mass is 534 g/mol. The van der Waals surface area contributed by atoms with E-state index in [4.69, 9.17) is 13.8 Å². The number of aryl methyl sites for hydroxylation is 1. The molecule has 0 aliphatic rings. The predicted octanol–water partition coefficient (Wildman–Crippen LogP) is 8.77. The Morgan fingerprint density at radius 2 is 1.30 bits per heavy atom. The van der Waals surface area contributed by atoms with Crippen molar-refractivity contribution in [2.45, 2.75) is 86.0 Å². The van der Waals surface area contributed by atoms with Gasteiger partial charge in [0.25, 0.3) is 0 Å². The van der Waals surface area contributed by atoms with Gasteiger partial charge in [-0.2, -0.15) is 0 Å². The first-order valence-electron chi connectivity index (χ1n) is 13.7. The first kappa shape index (κ1) is 33.0. The molecule has 2 aromatic carbocycles. The zero-order chi connectivity index (χ0) is 27.5. The topological polar surface area (TPSA) is 82.1 Å². The number of benzene rings is 2. The van der Waals surface area contributed by atoms with E-state index in [1.807, 2.05) is 43.3 Å². The Labute approximate surface area is 224 Å². The molecular formula is C30H47O6P. The van der Waals surface area contributed by atoms with Crippen LogP contribution < -0.4 is 4.74 Å². The highest BCUT2D eigenvalue weighted by Gasteiger charge is 2.24. The largest absolute Gasteiger partial charge is 0.472 e. The Morgan fingerprint density at radius 3 is 1.76 bits per heavy atom.